The van der Waals surface area contributed by atoms with Crippen LogP contribution in [0.3, 0.4) is 0 Å². The Morgan fingerprint density at radius 1 is 1.03 bits per heavy atom. The van der Waals surface area contributed by atoms with Crippen molar-refractivity contribution in [2.45, 2.75) is 23.9 Å². The molecular formula is C26H26N4O4S. The van der Waals surface area contributed by atoms with Gasteiger partial charge in [0.2, 0.25) is 15.9 Å². The standard InChI is InChI=1S/C26H26N4O4S/c1-29(35(32,33)22-9-6-18-5-8-21(34-2)14-20(18)15-22)24-11-12-30(26(24)31)16-17-3-4-19-7-10-25(27)28-23(19)13-17/h3-10,13-15,24H,11-12,16H2,1-2H3,(H2,27,28). The van der Waals surface area contributed by atoms with Crippen molar-refractivity contribution in [1.29, 1.82) is 0 Å². The van der Waals surface area contributed by atoms with Gasteiger partial charge < -0.3 is 15.4 Å². The zero-order valence-corrected chi connectivity index (χ0v) is 20.3. The van der Waals surface area contributed by atoms with Crippen molar-refractivity contribution in [2.24, 2.45) is 0 Å². The van der Waals surface area contributed by atoms with E-state index >= 15 is 0 Å². The van der Waals surface area contributed by atoms with Gasteiger partial charge in [-0.05, 0) is 65.2 Å². The summed E-state index contributed by atoms with van der Waals surface area (Å²) in [6.07, 6.45) is 0.425. The first-order valence-electron chi connectivity index (χ1n) is 11.3. The number of aromatic nitrogens is 1. The van der Waals surface area contributed by atoms with Gasteiger partial charge in [-0.3, -0.25) is 4.79 Å². The van der Waals surface area contributed by atoms with Crippen molar-refractivity contribution in [2.75, 3.05) is 26.4 Å². The topological polar surface area (TPSA) is 106 Å². The SMILES string of the molecule is COc1ccc2ccc(S(=O)(=O)N(C)C3CCN(Cc4ccc5ccc(N)nc5c4)C3=O)cc2c1. The van der Waals surface area contributed by atoms with E-state index in [1.54, 1.807) is 42.3 Å². The van der Waals surface area contributed by atoms with E-state index in [9.17, 15) is 13.2 Å². The summed E-state index contributed by atoms with van der Waals surface area (Å²) in [7, 11) is -0.837. The summed E-state index contributed by atoms with van der Waals surface area (Å²) in [6.45, 7) is 0.853. The van der Waals surface area contributed by atoms with E-state index in [2.05, 4.69) is 4.98 Å². The van der Waals surface area contributed by atoms with Gasteiger partial charge in [-0.15, -0.1) is 0 Å². The Morgan fingerprint density at radius 3 is 2.57 bits per heavy atom. The molecule has 1 aliphatic rings. The lowest BCUT2D eigenvalue weighted by Gasteiger charge is -2.24. The molecule has 1 unspecified atom stereocenters. The molecule has 2 heterocycles. The summed E-state index contributed by atoms with van der Waals surface area (Å²) in [6, 6.07) is 19.2. The van der Waals surface area contributed by atoms with Gasteiger partial charge >= 0.3 is 0 Å². The predicted molar refractivity (Wildman–Crippen MR) is 135 cm³/mol. The maximum absolute atomic E-state index is 13.4. The van der Waals surface area contributed by atoms with Crippen molar-refractivity contribution in [3.63, 3.8) is 0 Å². The van der Waals surface area contributed by atoms with Crippen LogP contribution in [0.15, 0.2) is 71.6 Å². The van der Waals surface area contributed by atoms with Gasteiger partial charge in [0.05, 0.1) is 17.5 Å². The molecule has 0 saturated carbocycles. The Balaban J connectivity index is 1.36. The van der Waals surface area contributed by atoms with E-state index in [4.69, 9.17) is 10.5 Å². The van der Waals surface area contributed by atoms with Crippen molar-refractivity contribution in [3.05, 3.63) is 72.3 Å². The van der Waals surface area contributed by atoms with Gasteiger partial charge in [0, 0.05) is 25.5 Å². The Hall–Kier alpha value is -3.69. The number of hydrogen-bond acceptors (Lipinski definition) is 6. The lowest BCUT2D eigenvalue weighted by Crippen LogP contribution is -2.42. The van der Waals surface area contributed by atoms with E-state index in [1.165, 1.54) is 11.4 Å². The fraction of sp³-hybridized carbons (Fsp3) is 0.231. The number of methoxy groups -OCH3 is 1. The van der Waals surface area contributed by atoms with Crippen LogP contribution >= 0.6 is 0 Å². The second-order valence-corrected chi connectivity index (χ2v) is 10.7. The van der Waals surface area contributed by atoms with Crippen LogP contribution in [0.25, 0.3) is 21.7 Å². The summed E-state index contributed by atoms with van der Waals surface area (Å²) >= 11 is 0. The molecule has 35 heavy (non-hydrogen) atoms. The van der Waals surface area contributed by atoms with E-state index < -0.39 is 16.1 Å². The van der Waals surface area contributed by atoms with Gasteiger partial charge in [-0.25, -0.2) is 13.4 Å². The molecule has 0 bridgehead atoms. The average Bonchev–Trinajstić information content (AvgIpc) is 3.22. The van der Waals surface area contributed by atoms with Gasteiger partial charge in [0.15, 0.2) is 0 Å². The first-order chi connectivity index (χ1) is 16.8. The number of benzene rings is 3. The molecule has 1 atom stereocenters. The van der Waals surface area contributed by atoms with Crippen LogP contribution in [-0.2, 0) is 21.4 Å². The maximum Gasteiger partial charge on any atom is 0.243 e. The monoisotopic (exact) mass is 490 g/mol. The van der Waals surface area contributed by atoms with Gasteiger partial charge in [-0.2, -0.15) is 4.31 Å². The number of nitrogen functional groups attached to an aromatic ring is 1. The lowest BCUT2D eigenvalue weighted by atomic mass is 10.1. The number of amides is 1. The van der Waals surface area contributed by atoms with Gasteiger partial charge in [-0.1, -0.05) is 24.3 Å². The fourth-order valence-corrected chi connectivity index (χ4v) is 5.92. The highest BCUT2D eigenvalue weighted by Gasteiger charge is 2.39. The summed E-state index contributed by atoms with van der Waals surface area (Å²) < 4.78 is 33.3. The minimum absolute atomic E-state index is 0.144. The highest BCUT2D eigenvalue weighted by atomic mass is 32.2. The smallest absolute Gasteiger partial charge is 0.243 e. The van der Waals surface area contributed by atoms with Crippen LogP contribution in [0.5, 0.6) is 5.75 Å². The summed E-state index contributed by atoms with van der Waals surface area (Å²) in [5.74, 6) is 0.874. The first kappa shape index (κ1) is 23.1. The summed E-state index contributed by atoms with van der Waals surface area (Å²) in [5.41, 5.74) is 7.48. The van der Waals surface area contributed by atoms with Crippen molar-refractivity contribution in [1.82, 2.24) is 14.2 Å². The normalized spacial score (nSPS) is 16.5. The third kappa shape index (κ3) is 4.28. The van der Waals surface area contributed by atoms with Crippen molar-refractivity contribution in [3.8, 4) is 5.75 Å². The van der Waals surface area contributed by atoms with Gasteiger partial charge in [0.1, 0.15) is 17.6 Å². The zero-order valence-electron chi connectivity index (χ0n) is 19.5. The molecule has 9 heteroatoms. The van der Waals surface area contributed by atoms with Crippen molar-refractivity contribution < 1.29 is 17.9 Å². The highest BCUT2D eigenvalue weighted by Crippen LogP contribution is 2.28. The average molecular weight is 491 g/mol. The van der Waals surface area contributed by atoms with Crippen molar-refractivity contribution >= 4 is 43.4 Å². The van der Waals surface area contributed by atoms with Crippen LogP contribution in [0.2, 0.25) is 0 Å². The third-order valence-electron chi connectivity index (χ3n) is 6.56. The molecule has 0 aliphatic carbocycles. The Kier molecular flexibility index (Phi) is 5.82. The molecule has 3 aromatic carbocycles. The second-order valence-electron chi connectivity index (χ2n) is 8.72. The largest absolute Gasteiger partial charge is 0.497 e. The fourth-order valence-electron chi connectivity index (χ4n) is 4.54. The Morgan fingerprint density at radius 2 is 1.77 bits per heavy atom. The Bertz CT molecular complexity index is 1550. The molecule has 5 rings (SSSR count). The molecule has 1 aromatic heterocycles. The predicted octanol–water partition coefficient (Wildman–Crippen LogP) is 3.40. The third-order valence-corrected chi connectivity index (χ3v) is 8.42. The quantitative estimate of drug-likeness (QED) is 0.444. The Labute approximate surface area is 204 Å². The number of hydrogen-bond donors (Lipinski definition) is 1. The number of likely N-dealkylation sites (N-methyl/N-ethyl adjacent to an activating group) is 1. The van der Waals surface area contributed by atoms with Gasteiger partial charge in [0.25, 0.3) is 0 Å². The molecule has 4 aromatic rings. The number of carbonyl (C=O) groups excluding carboxylic acids is 1. The number of nitrogens with two attached hydrogens (primary N) is 1. The lowest BCUT2D eigenvalue weighted by molar-refractivity contribution is -0.131. The molecule has 0 spiro atoms. The minimum atomic E-state index is -3.88. The van der Waals surface area contributed by atoms with E-state index in [0.29, 0.717) is 31.1 Å². The number of likely N-dealkylation sites (tertiary alicyclic amines) is 1. The highest BCUT2D eigenvalue weighted by molar-refractivity contribution is 7.89. The minimum Gasteiger partial charge on any atom is -0.497 e. The molecule has 1 amide bonds. The number of anilines is 1. The van der Waals surface area contributed by atoms with E-state index in [1.807, 2.05) is 36.4 Å². The molecule has 1 aliphatic heterocycles. The molecule has 8 nitrogen and oxygen atoms in total. The number of fused-ring (bicyclic) bond motifs is 2. The number of ether oxygens (including phenoxy) is 1. The number of carbonyl (C=O) groups is 1. The number of nitrogens with zero attached hydrogens (tertiary/aromatic N) is 3. The van der Waals surface area contributed by atoms with E-state index in [-0.39, 0.29) is 10.8 Å². The molecule has 1 fully saturated rings. The van der Waals surface area contributed by atoms with Crippen LogP contribution < -0.4 is 10.5 Å². The van der Waals surface area contributed by atoms with Crippen LogP contribution in [0.1, 0.15) is 12.0 Å². The van der Waals surface area contributed by atoms with Crippen LogP contribution in [0, 0.1) is 0 Å². The van der Waals surface area contributed by atoms with E-state index in [0.717, 1.165) is 27.2 Å². The number of rotatable bonds is 6. The maximum atomic E-state index is 13.4. The molecule has 2 N–H and O–H groups in total. The molecular weight excluding hydrogens is 464 g/mol. The first-order valence-corrected chi connectivity index (χ1v) is 12.7. The number of pyridine rings is 1. The zero-order chi connectivity index (χ0) is 24.7. The molecule has 1 saturated heterocycles. The molecule has 0 radical (unpaired) electrons. The molecule has 180 valence electrons. The van der Waals surface area contributed by atoms with Crippen LogP contribution in [-0.4, -0.2) is 55.3 Å². The second kappa shape index (κ2) is 8.83. The number of sulfonamides is 1. The summed E-state index contributed by atoms with van der Waals surface area (Å²) in [5, 5.41) is 2.62. The van der Waals surface area contributed by atoms with Crippen LogP contribution in [0.4, 0.5) is 5.82 Å². The summed E-state index contributed by atoms with van der Waals surface area (Å²) in [4.78, 5) is 19.4.